The second-order valence-electron chi connectivity index (χ2n) is 5.85. The Bertz CT molecular complexity index is 681. The largest absolute Gasteiger partial charge is 0.496 e. The highest BCUT2D eigenvalue weighted by molar-refractivity contribution is 5.89. The fourth-order valence-corrected chi connectivity index (χ4v) is 2.20. The zero-order valence-corrected chi connectivity index (χ0v) is 14.4. The van der Waals surface area contributed by atoms with E-state index in [1.165, 1.54) is 10.9 Å². The fraction of sp³-hybridized carbons (Fsp3) is 0.471. The molecular weight excluding hydrogens is 337 g/mol. The van der Waals surface area contributed by atoms with Crippen molar-refractivity contribution < 1.29 is 27.8 Å². The van der Waals surface area contributed by atoms with Gasteiger partial charge in [0.25, 0.3) is 0 Å². The second kappa shape index (κ2) is 9.31. The summed E-state index contributed by atoms with van der Waals surface area (Å²) in [5.74, 6) is -1.11. The van der Waals surface area contributed by atoms with Crippen LogP contribution in [0, 0.1) is 5.92 Å². The van der Waals surface area contributed by atoms with Gasteiger partial charge in [0.2, 0.25) is 0 Å². The van der Waals surface area contributed by atoms with Crippen LogP contribution in [-0.2, 0) is 11.2 Å². The van der Waals surface area contributed by atoms with Crippen molar-refractivity contribution in [2.75, 3.05) is 20.2 Å². The van der Waals surface area contributed by atoms with Crippen LogP contribution >= 0.6 is 0 Å². The zero-order chi connectivity index (χ0) is 19.0. The number of carboxylic acids is 1. The number of benzene rings is 1. The first-order valence-corrected chi connectivity index (χ1v) is 7.80. The summed E-state index contributed by atoms with van der Waals surface area (Å²) in [5, 5.41) is 11.8. The normalized spacial score (nSPS) is 11.3. The summed E-state index contributed by atoms with van der Waals surface area (Å²) in [6, 6.07) is 6.11. The van der Waals surface area contributed by atoms with E-state index in [4.69, 9.17) is 14.6 Å². The maximum Gasteiger partial charge on any atom is 0.490 e. The summed E-state index contributed by atoms with van der Waals surface area (Å²) in [4.78, 5) is 12.2. The minimum absolute atomic E-state index is 0.697. The molecule has 0 aliphatic carbocycles. The average Bonchev–Trinajstić information content (AvgIpc) is 2.94. The van der Waals surface area contributed by atoms with E-state index in [1.807, 2.05) is 12.1 Å². The fourth-order valence-electron chi connectivity index (χ4n) is 2.20. The topological polar surface area (TPSA) is 74.3 Å². The number of aromatic nitrogens is 1. The van der Waals surface area contributed by atoms with E-state index < -0.39 is 12.1 Å². The van der Waals surface area contributed by atoms with E-state index in [0.29, 0.717) is 5.92 Å². The van der Waals surface area contributed by atoms with Crippen LogP contribution in [0.15, 0.2) is 24.4 Å². The number of hydrogen-bond donors (Lipinski definition) is 3. The maximum absolute atomic E-state index is 10.6. The van der Waals surface area contributed by atoms with Crippen molar-refractivity contribution in [1.82, 2.24) is 10.3 Å². The lowest BCUT2D eigenvalue weighted by molar-refractivity contribution is -0.192. The molecule has 1 aromatic heterocycles. The van der Waals surface area contributed by atoms with Crippen molar-refractivity contribution in [3.8, 4) is 5.75 Å². The lowest BCUT2D eigenvalue weighted by Gasteiger charge is -2.08. The second-order valence-corrected chi connectivity index (χ2v) is 5.85. The molecule has 0 bridgehead atoms. The van der Waals surface area contributed by atoms with E-state index >= 15 is 0 Å². The van der Waals surface area contributed by atoms with Crippen molar-refractivity contribution in [1.29, 1.82) is 0 Å². The van der Waals surface area contributed by atoms with Crippen LogP contribution in [0.3, 0.4) is 0 Å². The van der Waals surface area contributed by atoms with E-state index in [-0.39, 0.29) is 0 Å². The number of aromatic amines is 1. The number of fused-ring (bicyclic) bond motifs is 1. The zero-order valence-electron chi connectivity index (χ0n) is 14.4. The predicted molar refractivity (Wildman–Crippen MR) is 90.0 cm³/mol. The van der Waals surface area contributed by atoms with Crippen LogP contribution in [0.4, 0.5) is 13.2 Å². The molecule has 0 unspecified atom stereocenters. The van der Waals surface area contributed by atoms with Gasteiger partial charge in [-0.1, -0.05) is 19.9 Å². The van der Waals surface area contributed by atoms with Crippen LogP contribution in [0.25, 0.3) is 10.9 Å². The number of halogens is 3. The molecule has 0 saturated carbocycles. The molecule has 0 radical (unpaired) electrons. The first-order chi connectivity index (χ1) is 11.7. The molecule has 1 aromatic carbocycles. The Kier molecular flexibility index (Phi) is 7.76. The number of hydrogen-bond acceptors (Lipinski definition) is 3. The molecule has 1 heterocycles. The van der Waals surface area contributed by atoms with Gasteiger partial charge in [0.15, 0.2) is 0 Å². The number of carboxylic acid groups (broad SMARTS) is 1. The summed E-state index contributed by atoms with van der Waals surface area (Å²) < 4.78 is 37.2. The molecule has 2 rings (SSSR count). The Balaban J connectivity index is 0.000000381. The van der Waals surface area contributed by atoms with Gasteiger partial charge in [-0.25, -0.2) is 4.79 Å². The van der Waals surface area contributed by atoms with Crippen molar-refractivity contribution >= 4 is 16.9 Å². The van der Waals surface area contributed by atoms with Crippen LogP contribution in [0.5, 0.6) is 5.75 Å². The Morgan fingerprint density at radius 2 is 2.00 bits per heavy atom. The van der Waals surface area contributed by atoms with Crippen molar-refractivity contribution in [3.05, 3.63) is 30.0 Å². The standard InChI is InChI=1S/C15H22N2O.C2HF3O2/c1-11(2)9-16-8-7-12-10-17-13-5-4-6-14(18-3)15(12)13;3-2(4,5)1(6)7/h4-6,10-11,16-17H,7-9H2,1-3H3;(H,6,7). The summed E-state index contributed by atoms with van der Waals surface area (Å²) >= 11 is 0. The van der Waals surface area contributed by atoms with Gasteiger partial charge < -0.3 is 20.1 Å². The molecule has 0 atom stereocenters. The quantitative estimate of drug-likeness (QED) is 0.688. The first-order valence-electron chi connectivity index (χ1n) is 7.80. The minimum atomic E-state index is -5.08. The number of methoxy groups -OCH3 is 1. The van der Waals surface area contributed by atoms with Gasteiger partial charge in [-0.15, -0.1) is 0 Å². The number of rotatable bonds is 6. The van der Waals surface area contributed by atoms with Gasteiger partial charge in [-0.2, -0.15) is 13.2 Å². The third-order valence-corrected chi connectivity index (χ3v) is 3.34. The lowest BCUT2D eigenvalue weighted by atomic mass is 10.1. The molecule has 140 valence electrons. The number of aliphatic carboxylic acids is 1. The van der Waals surface area contributed by atoms with Gasteiger partial charge in [0.05, 0.1) is 7.11 Å². The third kappa shape index (κ3) is 6.66. The Labute approximate surface area is 144 Å². The molecule has 0 aliphatic rings. The highest BCUT2D eigenvalue weighted by Gasteiger charge is 2.38. The smallest absolute Gasteiger partial charge is 0.490 e. The van der Waals surface area contributed by atoms with Crippen LogP contribution in [-0.4, -0.2) is 42.4 Å². The molecule has 2 aromatic rings. The molecule has 0 saturated heterocycles. The molecular formula is C17H23F3N2O3. The summed E-state index contributed by atoms with van der Waals surface area (Å²) in [5.41, 5.74) is 2.46. The molecule has 5 nitrogen and oxygen atoms in total. The SMILES string of the molecule is COc1cccc2[nH]cc(CCNCC(C)C)c12.O=C(O)C(F)(F)F. The molecule has 25 heavy (non-hydrogen) atoms. The third-order valence-electron chi connectivity index (χ3n) is 3.34. The Morgan fingerprint density at radius 3 is 2.52 bits per heavy atom. The van der Waals surface area contributed by atoms with E-state index in [1.54, 1.807) is 7.11 Å². The molecule has 0 fully saturated rings. The van der Waals surface area contributed by atoms with Gasteiger partial charge in [0, 0.05) is 17.1 Å². The van der Waals surface area contributed by atoms with Crippen LogP contribution in [0.2, 0.25) is 0 Å². The van der Waals surface area contributed by atoms with Gasteiger partial charge in [-0.05, 0) is 43.1 Å². The number of nitrogens with one attached hydrogen (secondary N) is 2. The van der Waals surface area contributed by atoms with Crippen LogP contribution in [0.1, 0.15) is 19.4 Å². The lowest BCUT2D eigenvalue weighted by Crippen LogP contribution is -2.22. The number of alkyl halides is 3. The molecule has 8 heteroatoms. The maximum atomic E-state index is 10.6. The molecule has 3 N–H and O–H groups in total. The van der Waals surface area contributed by atoms with Crippen molar-refractivity contribution in [2.45, 2.75) is 26.4 Å². The van der Waals surface area contributed by atoms with Crippen LogP contribution < -0.4 is 10.1 Å². The average molecular weight is 360 g/mol. The van der Waals surface area contributed by atoms with E-state index in [0.717, 1.165) is 30.8 Å². The number of carbonyl (C=O) groups is 1. The minimum Gasteiger partial charge on any atom is -0.496 e. The molecule has 0 spiro atoms. The van der Waals surface area contributed by atoms with E-state index in [2.05, 4.69) is 36.4 Å². The van der Waals surface area contributed by atoms with E-state index in [9.17, 15) is 13.2 Å². The number of ether oxygens (including phenoxy) is 1. The summed E-state index contributed by atoms with van der Waals surface area (Å²) in [6.07, 6.45) is -1.97. The highest BCUT2D eigenvalue weighted by atomic mass is 19.4. The highest BCUT2D eigenvalue weighted by Crippen LogP contribution is 2.28. The molecule has 0 amide bonds. The monoisotopic (exact) mass is 360 g/mol. The van der Waals surface area contributed by atoms with Gasteiger partial charge in [-0.3, -0.25) is 0 Å². The number of H-pyrrole nitrogens is 1. The first kappa shape index (κ1) is 20.8. The van der Waals surface area contributed by atoms with Crippen molar-refractivity contribution in [3.63, 3.8) is 0 Å². The molecule has 0 aliphatic heterocycles. The predicted octanol–water partition coefficient (Wildman–Crippen LogP) is 3.60. The summed E-state index contributed by atoms with van der Waals surface area (Å²) in [6.45, 7) is 6.52. The summed E-state index contributed by atoms with van der Waals surface area (Å²) in [7, 11) is 1.72. The Morgan fingerprint density at radius 1 is 1.36 bits per heavy atom. The Hall–Kier alpha value is -2.22. The van der Waals surface area contributed by atoms with Gasteiger partial charge >= 0.3 is 12.1 Å². The van der Waals surface area contributed by atoms with Gasteiger partial charge in [0.1, 0.15) is 5.75 Å². The van der Waals surface area contributed by atoms with Crippen molar-refractivity contribution in [2.24, 2.45) is 5.92 Å².